The van der Waals surface area contributed by atoms with Crippen LogP contribution in [0, 0.1) is 21.4 Å². The number of phenolic OH excluding ortho intramolecular Hbond substituents is 1. The van der Waals surface area contributed by atoms with Crippen molar-refractivity contribution in [1.82, 2.24) is 5.32 Å². The van der Waals surface area contributed by atoms with E-state index in [4.69, 9.17) is 4.74 Å². The summed E-state index contributed by atoms with van der Waals surface area (Å²) in [7, 11) is 1.36. The van der Waals surface area contributed by atoms with E-state index in [9.17, 15) is 25.3 Å². The molecule has 3 N–H and O–H groups in total. The Morgan fingerprint density at radius 3 is 2.64 bits per heavy atom. The standard InChI is InChI=1S/C19H18N4O5/c1-28-18-10-15(23(26)27)4-7-17(18)22-12-14(11-20)19(25)21-9-8-13-2-5-16(24)6-3-13/h2-7,10,12,22,24H,8-9H2,1H3,(H,21,25)/b14-12-. The van der Waals surface area contributed by atoms with Crippen molar-refractivity contribution >= 4 is 17.3 Å². The van der Waals surface area contributed by atoms with Gasteiger partial charge >= 0.3 is 0 Å². The van der Waals surface area contributed by atoms with E-state index in [0.29, 0.717) is 18.7 Å². The fourth-order valence-corrected chi connectivity index (χ4v) is 2.29. The molecule has 0 unspecified atom stereocenters. The largest absolute Gasteiger partial charge is 0.508 e. The Morgan fingerprint density at radius 1 is 1.32 bits per heavy atom. The van der Waals surface area contributed by atoms with Crippen LogP contribution in [0.2, 0.25) is 0 Å². The monoisotopic (exact) mass is 382 g/mol. The molecule has 0 atom stereocenters. The zero-order chi connectivity index (χ0) is 20.5. The van der Waals surface area contributed by atoms with Gasteiger partial charge in [-0.1, -0.05) is 12.1 Å². The molecule has 2 aromatic carbocycles. The number of aromatic hydroxyl groups is 1. The fourth-order valence-electron chi connectivity index (χ4n) is 2.29. The molecular weight excluding hydrogens is 364 g/mol. The van der Waals surface area contributed by atoms with E-state index < -0.39 is 10.8 Å². The van der Waals surface area contributed by atoms with E-state index in [1.54, 1.807) is 30.3 Å². The first-order valence-corrected chi connectivity index (χ1v) is 8.20. The second-order valence-electron chi connectivity index (χ2n) is 5.63. The van der Waals surface area contributed by atoms with Gasteiger partial charge in [0.2, 0.25) is 0 Å². The number of anilines is 1. The van der Waals surface area contributed by atoms with Gasteiger partial charge in [0.25, 0.3) is 11.6 Å². The first-order chi connectivity index (χ1) is 13.4. The number of nitro groups is 1. The maximum Gasteiger partial charge on any atom is 0.273 e. The molecule has 9 nitrogen and oxygen atoms in total. The summed E-state index contributed by atoms with van der Waals surface area (Å²) in [5.74, 6) is -0.194. The number of amides is 1. The van der Waals surface area contributed by atoms with Crippen molar-refractivity contribution in [2.24, 2.45) is 0 Å². The summed E-state index contributed by atoms with van der Waals surface area (Å²) in [4.78, 5) is 22.4. The van der Waals surface area contributed by atoms with Gasteiger partial charge in [0.15, 0.2) is 0 Å². The number of carbonyl (C=O) groups is 1. The summed E-state index contributed by atoms with van der Waals surface area (Å²) in [5.41, 5.74) is 0.997. The number of hydrogen-bond donors (Lipinski definition) is 3. The Labute approximate surface area is 161 Å². The number of nitriles is 1. The van der Waals surface area contributed by atoms with Gasteiger partial charge in [-0.05, 0) is 30.2 Å². The zero-order valence-electron chi connectivity index (χ0n) is 15.0. The third kappa shape index (κ3) is 5.47. The molecule has 0 spiro atoms. The van der Waals surface area contributed by atoms with E-state index in [1.807, 2.05) is 0 Å². The molecule has 0 bridgehead atoms. The number of ether oxygens (including phenoxy) is 1. The molecule has 0 aliphatic rings. The summed E-state index contributed by atoms with van der Waals surface area (Å²) >= 11 is 0. The van der Waals surface area contributed by atoms with Gasteiger partial charge in [-0.15, -0.1) is 0 Å². The van der Waals surface area contributed by atoms with Crippen molar-refractivity contribution in [1.29, 1.82) is 5.26 Å². The molecule has 0 radical (unpaired) electrons. The predicted molar refractivity (Wildman–Crippen MR) is 102 cm³/mol. The third-order valence-electron chi connectivity index (χ3n) is 3.77. The topological polar surface area (TPSA) is 138 Å². The lowest BCUT2D eigenvalue weighted by Crippen LogP contribution is -2.27. The smallest absolute Gasteiger partial charge is 0.273 e. The van der Waals surface area contributed by atoms with Crippen LogP contribution < -0.4 is 15.4 Å². The molecule has 2 aromatic rings. The van der Waals surface area contributed by atoms with E-state index in [1.165, 1.54) is 31.5 Å². The molecule has 0 fully saturated rings. The summed E-state index contributed by atoms with van der Waals surface area (Å²) in [6, 6.07) is 12.3. The highest BCUT2D eigenvalue weighted by Crippen LogP contribution is 2.29. The quantitative estimate of drug-likeness (QED) is 0.276. The van der Waals surface area contributed by atoms with Crippen LogP contribution in [-0.4, -0.2) is 29.6 Å². The van der Waals surface area contributed by atoms with Crippen molar-refractivity contribution in [2.75, 3.05) is 19.0 Å². The van der Waals surface area contributed by atoms with Crippen LogP contribution in [0.1, 0.15) is 5.56 Å². The molecule has 0 aromatic heterocycles. The van der Waals surface area contributed by atoms with Crippen molar-refractivity contribution in [3.8, 4) is 17.6 Å². The van der Waals surface area contributed by atoms with Crippen LogP contribution in [0.5, 0.6) is 11.5 Å². The zero-order valence-corrected chi connectivity index (χ0v) is 15.0. The van der Waals surface area contributed by atoms with Gasteiger partial charge in [0.05, 0.1) is 23.8 Å². The van der Waals surface area contributed by atoms with Crippen molar-refractivity contribution in [3.05, 3.63) is 69.9 Å². The van der Waals surface area contributed by atoms with E-state index >= 15 is 0 Å². The van der Waals surface area contributed by atoms with Crippen molar-refractivity contribution in [3.63, 3.8) is 0 Å². The van der Waals surface area contributed by atoms with E-state index in [-0.39, 0.29) is 22.8 Å². The van der Waals surface area contributed by atoms with Crippen LogP contribution in [0.15, 0.2) is 54.2 Å². The molecule has 0 aliphatic carbocycles. The SMILES string of the molecule is COc1cc([N+](=O)[O-])ccc1N/C=C(/C#N)C(=O)NCCc1ccc(O)cc1. The molecular formula is C19H18N4O5. The molecule has 2 rings (SSSR count). The van der Waals surface area contributed by atoms with Gasteiger partial charge in [-0.2, -0.15) is 5.26 Å². The Hall–Kier alpha value is -4.06. The highest BCUT2D eigenvalue weighted by molar-refractivity contribution is 5.97. The van der Waals surface area contributed by atoms with Crippen LogP contribution in [-0.2, 0) is 11.2 Å². The number of carbonyl (C=O) groups excluding carboxylic acids is 1. The number of hydrogen-bond acceptors (Lipinski definition) is 7. The number of nitrogens with zero attached hydrogens (tertiary/aromatic N) is 2. The Kier molecular flexibility index (Phi) is 6.93. The lowest BCUT2D eigenvalue weighted by Gasteiger charge is -2.09. The average Bonchev–Trinajstić information content (AvgIpc) is 2.69. The summed E-state index contributed by atoms with van der Waals surface area (Å²) in [5, 5.41) is 34.6. The van der Waals surface area contributed by atoms with Gasteiger partial charge in [-0.3, -0.25) is 14.9 Å². The Morgan fingerprint density at radius 2 is 2.04 bits per heavy atom. The molecule has 0 aliphatic heterocycles. The minimum Gasteiger partial charge on any atom is -0.508 e. The highest BCUT2D eigenvalue weighted by Gasteiger charge is 2.12. The van der Waals surface area contributed by atoms with Gasteiger partial charge < -0.3 is 20.5 Å². The summed E-state index contributed by atoms with van der Waals surface area (Å²) in [6.45, 7) is 0.309. The number of rotatable bonds is 8. The van der Waals surface area contributed by atoms with Crippen LogP contribution in [0.25, 0.3) is 0 Å². The van der Waals surface area contributed by atoms with E-state index in [0.717, 1.165) is 5.56 Å². The molecule has 1 amide bonds. The third-order valence-corrected chi connectivity index (χ3v) is 3.77. The number of nitro benzene ring substituents is 1. The number of phenols is 1. The van der Waals surface area contributed by atoms with Gasteiger partial charge in [-0.25, -0.2) is 0 Å². The molecule has 9 heteroatoms. The predicted octanol–water partition coefficient (Wildman–Crippen LogP) is 2.49. The fraction of sp³-hybridized carbons (Fsp3) is 0.158. The lowest BCUT2D eigenvalue weighted by atomic mass is 10.1. The van der Waals surface area contributed by atoms with Crippen molar-refractivity contribution in [2.45, 2.75) is 6.42 Å². The Bertz CT molecular complexity index is 932. The van der Waals surface area contributed by atoms with Crippen LogP contribution in [0.3, 0.4) is 0 Å². The average molecular weight is 382 g/mol. The molecule has 144 valence electrons. The van der Waals surface area contributed by atoms with Gasteiger partial charge in [0, 0.05) is 18.8 Å². The summed E-state index contributed by atoms with van der Waals surface area (Å²) < 4.78 is 5.09. The van der Waals surface area contributed by atoms with Crippen LogP contribution >= 0.6 is 0 Å². The normalized spacial score (nSPS) is 10.6. The maximum atomic E-state index is 12.1. The first-order valence-electron chi connectivity index (χ1n) is 8.20. The number of benzene rings is 2. The maximum absolute atomic E-state index is 12.1. The minimum atomic E-state index is -0.561. The van der Waals surface area contributed by atoms with Gasteiger partial charge in [0.1, 0.15) is 23.1 Å². The molecule has 0 saturated carbocycles. The summed E-state index contributed by atoms with van der Waals surface area (Å²) in [6.07, 6.45) is 1.74. The molecule has 0 saturated heterocycles. The van der Waals surface area contributed by atoms with E-state index in [2.05, 4.69) is 10.6 Å². The number of methoxy groups -OCH3 is 1. The Balaban J connectivity index is 1.99. The lowest BCUT2D eigenvalue weighted by molar-refractivity contribution is -0.384. The highest BCUT2D eigenvalue weighted by atomic mass is 16.6. The molecule has 28 heavy (non-hydrogen) atoms. The second-order valence-corrected chi connectivity index (χ2v) is 5.63. The second kappa shape index (κ2) is 9.59. The molecule has 0 heterocycles. The number of non-ortho nitro benzene ring substituents is 1. The van der Waals surface area contributed by atoms with Crippen LogP contribution in [0.4, 0.5) is 11.4 Å². The minimum absolute atomic E-state index is 0.140. The number of nitrogens with one attached hydrogen (secondary N) is 2. The van der Waals surface area contributed by atoms with Crippen molar-refractivity contribution < 1.29 is 19.6 Å². The first kappa shape index (κ1) is 20.3.